The van der Waals surface area contributed by atoms with E-state index in [4.69, 9.17) is 4.74 Å². The first-order chi connectivity index (χ1) is 16.6. The van der Waals surface area contributed by atoms with Crippen molar-refractivity contribution in [2.75, 3.05) is 39.8 Å². The Morgan fingerprint density at radius 3 is 2.29 bits per heavy atom. The fourth-order valence-electron chi connectivity index (χ4n) is 4.08. The molecule has 1 aliphatic rings. The molecule has 2 aromatic carbocycles. The number of hydrogen-bond acceptors (Lipinski definition) is 5. The number of nitrogens with zero attached hydrogens (tertiary/aromatic N) is 3. The second kappa shape index (κ2) is 11.4. The first kappa shape index (κ1) is 23.4. The molecule has 1 aliphatic heterocycles. The maximum Gasteiger partial charge on any atom is 0.252 e. The Labute approximate surface area is 200 Å². The Morgan fingerprint density at radius 1 is 0.941 bits per heavy atom. The van der Waals surface area contributed by atoms with E-state index in [1.807, 2.05) is 59.6 Å². The number of piperazine rings is 1. The van der Waals surface area contributed by atoms with Crippen molar-refractivity contribution >= 4 is 11.8 Å². The monoisotopic (exact) mass is 458 g/mol. The fourth-order valence-corrected chi connectivity index (χ4v) is 4.08. The highest BCUT2D eigenvalue weighted by atomic mass is 16.5. The second-order valence-electron chi connectivity index (χ2n) is 8.28. The number of pyridine rings is 1. The third kappa shape index (κ3) is 5.99. The molecular formula is C27H30N4O3. The van der Waals surface area contributed by atoms with Gasteiger partial charge < -0.3 is 15.0 Å². The Balaban J connectivity index is 1.39. The van der Waals surface area contributed by atoms with Crippen LogP contribution in [0.25, 0.3) is 0 Å². The van der Waals surface area contributed by atoms with E-state index in [1.54, 1.807) is 31.4 Å². The van der Waals surface area contributed by atoms with Crippen LogP contribution >= 0.6 is 0 Å². The molecule has 1 aromatic heterocycles. The molecule has 0 spiro atoms. The molecule has 34 heavy (non-hydrogen) atoms. The number of benzene rings is 2. The number of rotatable bonds is 8. The van der Waals surface area contributed by atoms with Gasteiger partial charge in [-0.2, -0.15) is 0 Å². The third-order valence-corrected chi connectivity index (χ3v) is 6.10. The Kier molecular flexibility index (Phi) is 7.88. The van der Waals surface area contributed by atoms with E-state index < -0.39 is 6.04 Å². The van der Waals surface area contributed by atoms with E-state index in [9.17, 15) is 9.59 Å². The molecule has 176 valence electrons. The molecule has 0 saturated carbocycles. The predicted octanol–water partition coefficient (Wildman–Crippen LogP) is 2.95. The van der Waals surface area contributed by atoms with Gasteiger partial charge in [-0.3, -0.25) is 19.5 Å². The minimum Gasteiger partial charge on any atom is -0.497 e. The van der Waals surface area contributed by atoms with Gasteiger partial charge in [-0.25, -0.2) is 0 Å². The minimum atomic E-state index is -0.740. The lowest BCUT2D eigenvalue weighted by molar-refractivity contribution is -0.135. The number of carbonyl (C=O) groups excluding carboxylic acids is 2. The van der Waals surface area contributed by atoms with Gasteiger partial charge >= 0.3 is 0 Å². The van der Waals surface area contributed by atoms with Crippen molar-refractivity contribution in [2.45, 2.75) is 12.5 Å². The zero-order valence-electron chi connectivity index (χ0n) is 19.4. The molecule has 4 rings (SSSR count). The van der Waals surface area contributed by atoms with Crippen molar-refractivity contribution in [3.8, 4) is 5.75 Å². The molecule has 1 atom stereocenters. The quantitative estimate of drug-likeness (QED) is 0.562. The molecule has 7 nitrogen and oxygen atoms in total. The van der Waals surface area contributed by atoms with Crippen LogP contribution in [0.4, 0.5) is 0 Å². The van der Waals surface area contributed by atoms with Crippen molar-refractivity contribution in [2.24, 2.45) is 0 Å². The van der Waals surface area contributed by atoms with Crippen LogP contribution in [0.1, 0.15) is 27.7 Å². The molecule has 0 aliphatic carbocycles. The van der Waals surface area contributed by atoms with E-state index >= 15 is 0 Å². The molecule has 0 radical (unpaired) electrons. The topological polar surface area (TPSA) is 74.8 Å². The van der Waals surface area contributed by atoms with Crippen LogP contribution in [0.2, 0.25) is 0 Å². The highest BCUT2D eigenvalue weighted by molar-refractivity contribution is 5.98. The lowest BCUT2D eigenvalue weighted by atomic mass is 10.0. The zero-order valence-corrected chi connectivity index (χ0v) is 19.4. The van der Waals surface area contributed by atoms with Gasteiger partial charge in [0, 0.05) is 56.6 Å². The van der Waals surface area contributed by atoms with Crippen LogP contribution in [0.3, 0.4) is 0 Å². The maximum atomic E-state index is 13.5. The SMILES string of the molecule is COc1ccc(C(=O)N[C@@H](C(=O)N2CCN(CCc3ccccn3)CC2)c2ccccc2)cc1. The summed E-state index contributed by atoms with van der Waals surface area (Å²) in [6, 6.07) is 21.5. The molecule has 1 N–H and O–H groups in total. The molecule has 1 saturated heterocycles. The number of ether oxygens (including phenoxy) is 1. The standard InChI is InChI=1S/C27H30N4O3/c1-34-24-12-10-22(11-13-24)26(32)29-25(21-7-3-2-4-8-21)27(33)31-19-17-30(18-20-31)16-14-23-9-5-6-15-28-23/h2-13,15,25H,14,16-20H2,1H3,(H,29,32)/t25-/m1/s1. The van der Waals surface area contributed by atoms with E-state index in [2.05, 4.69) is 15.2 Å². The molecule has 2 amide bonds. The first-order valence-corrected chi connectivity index (χ1v) is 11.5. The molecule has 0 bridgehead atoms. The van der Waals surface area contributed by atoms with Gasteiger partial charge in [0.15, 0.2) is 0 Å². The minimum absolute atomic E-state index is 0.0857. The summed E-state index contributed by atoms with van der Waals surface area (Å²) in [5.74, 6) is 0.296. The Bertz CT molecular complexity index is 1070. The lowest BCUT2D eigenvalue weighted by Gasteiger charge is -2.36. The van der Waals surface area contributed by atoms with Gasteiger partial charge in [0.25, 0.3) is 5.91 Å². The summed E-state index contributed by atoms with van der Waals surface area (Å²) in [5.41, 5.74) is 2.33. The highest BCUT2D eigenvalue weighted by Crippen LogP contribution is 2.19. The van der Waals surface area contributed by atoms with E-state index in [-0.39, 0.29) is 11.8 Å². The number of amides is 2. The van der Waals surface area contributed by atoms with E-state index in [1.165, 1.54) is 0 Å². The average Bonchev–Trinajstić information content (AvgIpc) is 2.91. The van der Waals surface area contributed by atoms with Crippen molar-refractivity contribution in [3.05, 3.63) is 95.8 Å². The molecule has 0 unspecified atom stereocenters. The summed E-state index contributed by atoms with van der Waals surface area (Å²) >= 11 is 0. The number of nitrogens with one attached hydrogen (secondary N) is 1. The van der Waals surface area contributed by atoms with Gasteiger partial charge in [0.1, 0.15) is 11.8 Å². The fraction of sp³-hybridized carbons (Fsp3) is 0.296. The van der Waals surface area contributed by atoms with Crippen LogP contribution in [0, 0.1) is 0 Å². The summed E-state index contributed by atoms with van der Waals surface area (Å²) in [4.78, 5) is 35.1. The normalized spacial score (nSPS) is 14.9. The van der Waals surface area contributed by atoms with Crippen molar-refractivity contribution in [3.63, 3.8) is 0 Å². The van der Waals surface area contributed by atoms with Crippen molar-refractivity contribution in [1.82, 2.24) is 20.1 Å². The summed E-state index contributed by atoms with van der Waals surface area (Å²) < 4.78 is 5.17. The summed E-state index contributed by atoms with van der Waals surface area (Å²) in [6.07, 6.45) is 2.70. The number of methoxy groups -OCH3 is 1. The molecule has 2 heterocycles. The van der Waals surface area contributed by atoms with Crippen LogP contribution in [0.5, 0.6) is 5.75 Å². The van der Waals surface area contributed by atoms with Gasteiger partial charge in [-0.15, -0.1) is 0 Å². The van der Waals surface area contributed by atoms with Crippen LogP contribution in [-0.4, -0.2) is 66.4 Å². The lowest BCUT2D eigenvalue weighted by Crippen LogP contribution is -2.52. The maximum absolute atomic E-state index is 13.5. The number of carbonyl (C=O) groups is 2. The third-order valence-electron chi connectivity index (χ3n) is 6.10. The zero-order chi connectivity index (χ0) is 23.8. The van der Waals surface area contributed by atoms with Gasteiger partial charge in [0.05, 0.1) is 7.11 Å². The van der Waals surface area contributed by atoms with Crippen molar-refractivity contribution in [1.29, 1.82) is 0 Å². The van der Waals surface area contributed by atoms with E-state index in [0.29, 0.717) is 24.4 Å². The van der Waals surface area contributed by atoms with Gasteiger partial charge in [0.2, 0.25) is 5.91 Å². The average molecular weight is 459 g/mol. The largest absolute Gasteiger partial charge is 0.497 e. The van der Waals surface area contributed by atoms with Crippen LogP contribution in [-0.2, 0) is 11.2 Å². The summed E-state index contributed by atoms with van der Waals surface area (Å²) in [7, 11) is 1.58. The van der Waals surface area contributed by atoms with Crippen LogP contribution < -0.4 is 10.1 Å². The summed E-state index contributed by atoms with van der Waals surface area (Å²) in [5, 5.41) is 2.95. The van der Waals surface area contributed by atoms with Gasteiger partial charge in [-0.05, 0) is 42.0 Å². The number of aromatic nitrogens is 1. The van der Waals surface area contributed by atoms with Crippen molar-refractivity contribution < 1.29 is 14.3 Å². The predicted molar refractivity (Wildman–Crippen MR) is 131 cm³/mol. The van der Waals surface area contributed by atoms with Gasteiger partial charge in [-0.1, -0.05) is 36.4 Å². The molecule has 1 fully saturated rings. The second-order valence-corrected chi connectivity index (χ2v) is 8.28. The smallest absolute Gasteiger partial charge is 0.252 e. The Morgan fingerprint density at radius 2 is 1.65 bits per heavy atom. The Hall–Kier alpha value is -3.71. The number of hydrogen-bond donors (Lipinski definition) is 1. The van der Waals surface area contributed by atoms with E-state index in [0.717, 1.165) is 37.3 Å². The first-order valence-electron chi connectivity index (χ1n) is 11.5. The molecular weight excluding hydrogens is 428 g/mol. The van der Waals surface area contributed by atoms with Crippen LogP contribution in [0.15, 0.2) is 79.0 Å². The summed E-state index contributed by atoms with van der Waals surface area (Å²) in [6.45, 7) is 3.76. The highest BCUT2D eigenvalue weighted by Gasteiger charge is 2.30. The molecule has 7 heteroatoms. The molecule has 3 aromatic rings.